The average Bonchev–Trinajstić information content (AvgIpc) is 2.57. The van der Waals surface area contributed by atoms with E-state index >= 15 is 0 Å². The average molecular weight is 231 g/mol. The second-order valence-corrected chi connectivity index (χ2v) is 4.23. The number of nitrogens with zero attached hydrogens (tertiary/aromatic N) is 1. The molecule has 17 heavy (non-hydrogen) atoms. The lowest BCUT2D eigenvalue weighted by Crippen LogP contribution is -2.20. The molecule has 1 aromatic heterocycles. The molecule has 2 rings (SSSR count). The van der Waals surface area contributed by atoms with Gasteiger partial charge in [0, 0.05) is 12.2 Å². The van der Waals surface area contributed by atoms with Gasteiger partial charge in [0.1, 0.15) is 0 Å². The largest absolute Gasteiger partial charge is 0.315 e. The van der Waals surface area contributed by atoms with Gasteiger partial charge in [0.2, 0.25) is 0 Å². The molecule has 4 heteroatoms. The molecule has 0 aliphatic heterocycles. The van der Waals surface area contributed by atoms with Gasteiger partial charge in [0.15, 0.2) is 0 Å². The van der Waals surface area contributed by atoms with E-state index in [1.807, 2.05) is 45.2 Å². The van der Waals surface area contributed by atoms with Crippen LogP contribution in [0, 0.1) is 13.8 Å². The van der Waals surface area contributed by atoms with Gasteiger partial charge in [0.25, 0.3) is 5.56 Å². The molecule has 1 aromatic carbocycles. The van der Waals surface area contributed by atoms with Crippen LogP contribution in [-0.2, 0) is 6.54 Å². The molecule has 90 valence electrons. The van der Waals surface area contributed by atoms with Gasteiger partial charge in [-0.1, -0.05) is 12.1 Å². The van der Waals surface area contributed by atoms with E-state index in [1.54, 1.807) is 4.68 Å². The van der Waals surface area contributed by atoms with Gasteiger partial charge in [0.05, 0.1) is 11.3 Å². The first-order valence-corrected chi connectivity index (χ1v) is 5.65. The van der Waals surface area contributed by atoms with E-state index in [2.05, 4.69) is 10.4 Å². The summed E-state index contributed by atoms with van der Waals surface area (Å²) < 4.78 is 1.59. The van der Waals surface area contributed by atoms with Gasteiger partial charge in [-0.2, -0.15) is 0 Å². The fourth-order valence-corrected chi connectivity index (χ4v) is 1.92. The van der Waals surface area contributed by atoms with Crippen LogP contribution in [-0.4, -0.2) is 16.8 Å². The first-order chi connectivity index (χ1) is 8.13. The zero-order valence-corrected chi connectivity index (χ0v) is 10.4. The minimum Gasteiger partial charge on any atom is -0.315 e. The first-order valence-electron chi connectivity index (χ1n) is 5.65. The molecule has 0 saturated carbocycles. The number of benzene rings is 1. The van der Waals surface area contributed by atoms with Crippen molar-refractivity contribution in [3.05, 3.63) is 51.4 Å². The van der Waals surface area contributed by atoms with Gasteiger partial charge < -0.3 is 5.32 Å². The Morgan fingerprint density at radius 2 is 2.12 bits per heavy atom. The SMILES string of the molecule is CNCc1c(C)[nH]n(-c2cccc(C)c2)c1=O. The van der Waals surface area contributed by atoms with Crippen LogP contribution in [0.25, 0.3) is 5.69 Å². The molecule has 0 bridgehead atoms. The maximum atomic E-state index is 12.2. The summed E-state index contributed by atoms with van der Waals surface area (Å²) >= 11 is 0. The third-order valence-electron chi connectivity index (χ3n) is 2.81. The van der Waals surface area contributed by atoms with Crippen molar-refractivity contribution in [3.8, 4) is 5.69 Å². The third kappa shape index (κ3) is 2.17. The summed E-state index contributed by atoms with van der Waals surface area (Å²) in [6, 6.07) is 7.87. The summed E-state index contributed by atoms with van der Waals surface area (Å²) in [6.07, 6.45) is 0. The van der Waals surface area contributed by atoms with E-state index in [4.69, 9.17) is 0 Å². The lowest BCUT2D eigenvalue weighted by atomic mass is 10.2. The molecule has 0 unspecified atom stereocenters. The zero-order valence-electron chi connectivity index (χ0n) is 10.4. The lowest BCUT2D eigenvalue weighted by Gasteiger charge is -2.02. The molecule has 4 nitrogen and oxygen atoms in total. The summed E-state index contributed by atoms with van der Waals surface area (Å²) in [5, 5.41) is 6.11. The Morgan fingerprint density at radius 3 is 2.76 bits per heavy atom. The standard InChI is InChI=1S/C13H17N3O/c1-9-5-4-6-11(7-9)16-13(17)12(8-14-3)10(2)15-16/h4-7,14-15H,8H2,1-3H3. The number of hydrogen-bond donors (Lipinski definition) is 2. The highest BCUT2D eigenvalue weighted by atomic mass is 16.1. The molecule has 0 amide bonds. The summed E-state index contributed by atoms with van der Waals surface area (Å²) in [6.45, 7) is 4.51. The molecule has 0 saturated heterocycles. The van der Waals surface area contributed by atoms with Crippen molar-refractivity contribution >= 4 is 0 Å². The number of aryl methyl sites for hydroxylation is 2. The monoisotopic (exact) mass is 231 g/mol. The third-order valence-corrected chi connectivity index (χ3v) is 2.81. The smallest absolute Gasteiger partial charge is 0.275 e. The van der Waals surface area contributed by atoms with Crippen molar-refractivity contribution in [1.29, 1.82) is 0 Å². The number of aromatic nitrogens is 2. The quantitative estimate of drug-likeness (QED) is 0.841. The van der Waals surface area contributed by atoms with Crippen molar-refractivity contribution in [2.75, 3.05) is 7.05 Å². The predicted molar refractivity (Wildman–Crippen MR) is 68.6 cm³/mol. The summed E-state index contributed by atoms with van der Waals surface area (Å²) in [5.74, 6) is 0. The van der Waals surface area contributed by atoms with Crippen LogP contribution in [0.4, 0.5) is 0 Å². The van der Waals surface area contributed by atoms with Crippen LogP contribution in [0.5, 0.6) is 0 Å². The van der Waals surface area contributed by atoms with E-state index < -0.39 is 0 Å². The number of nitrogens with one attached hydrogen (secondary N) is 2. The van der Waals surface area contributed by atoms with Crippen LogP contribution in [0.2, 0.25) is 0 Å². The molecule has 0 aliphatic rings. The van der Waals surface area contributed by atoms with Gasteiger partial charge in [-0.15, -0.1) is 0 Å². The second kappa shape index (κ2) is 4.59. The van der Waals surface area contributed by atoms with Crippen LogP contribution in [0.15, 0.2) is 29.1 Å². The van der Waals surface area contributed by atoms with Crippen molar-refractivity contribution < 1.29 is 0 Å². The van der Waals surface area contributed by atoms with Crippen molar-refractivity contribution in [2.45, 2.75) is 20.4 Å². The molecule has 0 spiro atoms. The van der Waals surface area contributed by atoms with E-state index in [0.717, 1.165) is 22.5 Å². The van der Waals surface area contributed by atoms with Crippen LogP contribution in [0.3, 0.4) is 0 Å². The Morgan fingerprint density at radius 1 is 1.35 bits per heavy atom. The normalized spacial score (nSPS) is 10.8. The van der Waals surface area contributed by atoms with Crippen LogP contribution < -0.4 is 10.9 Å². The van der Waals surface area contributed by atoms with E-state index in [0.29, 0.717) is 6.54 Å². The van der Waals surface area contributed by atoms with Crippen LogP contribution in [0.1, 0.15) is 16.8 Å². The Bertz CT molecular complexity index is 581. The van der Waals surface area contributed by atoms with Crippen molar-refractivity contribution in [2.24, 2.45) is 0 Å². The molecule has 0 radical (unpaired) electrons. The van der Waals surface area contributed by atoms with Gasteiger partial charge in [-0.25, -0.2) is 4.68 Å². The molecule has 0 aliphatic carbocycles. The zero-order chi connectivity index (χ0) is 12.4. The summed E-state index contributed by atoms with van der Waals surface area (Å²) in [4.78, 5) is 12.2. The van der Waals surface area contributed by atoms with Gasteiger partial charge in [-0.05, 0) is 38.6 Å². The molecule has 1 heterocycles. The number of H-pyrrole nitrogens is 1. The molecular weight excluding hydrogens is 214 g/mol. The van der Waals surface area contributed by atoms with Gasteiger partial charge in [-0.3, -0.25) is 9.89 Å². The maximum absolute atomic E-state index is 12.2. The fraction of sp³-hybridized carbons (Fsp3) is 0.308. The number of rotatable bonds is 3. The fourth-order valence-electron chi connectivity index (χ4n) is 1.92. The predicted octanol–water partition coefficient (Wildman–Crippen LogP) is 1.50. The van der Waals surface area contributed by atoms with Crippen molar-refractivity contribution in [3.63, 3.8) is 0 Å². The lowest BCUT2D eigenvalue weighted by molar-refractivity contribution is 0.801. The van der Waals surface area contributed by atoms with E-state index in [-0.39, 0.29) is 5.56 Å². The Balaban J connectivity index is 2.54. The minimum absolute atomic E-state index is 0.0162. The highest BCUT2D eigenvalue weighted by Crippen LogP contribution is 2.09. The Hall–Kier alpha value is -1.81. The molecule has 0 atom stereocenters. The maximum Gasteiger partial charge on any atom is 0.275 e. The van der Waals surface area contributed by atoms with Gasteiger partial charge >= 0.3 is 0 Å². The highest BCUT2D eigenvalue weighted by Gasteiger charge is 2.11. The number of hydrogen-bond acceptors (Lipinski definition) is 2. The number of aromatic amines is 1. The highest BCUT2D eigenvalue weighted by molar-refractivity contribution is 5.36. The van der Waals surface area contributed by atoms with Crippen molar-refractivity contribution in [1.82, 2.24) is 15.1 Å². The molecular formula is C13H17N3O. The minimum atomic E-state index is 0.0162. The Labute approximate surface area is 100 Å². The van der Waals surface area contributed by atoms with Crippen LogP contribution >= 0.6 is 0 Å². The molecule has 0 fully saturated rings. The Kier molecular flexibility index (Phi) is 3.15. The summed E-state index contributed by atoms with van der Waals surface area (Å²) in [5.41, 5.74) is 3.72. The molecule has 2 N–H and O–H groups in total. The summed E-state index contributed by atoms with van der Waals surface area (Å²) in [7, 11) is 1.84. The topological polar surface area (TPSA) is 49.8 Å². The molecule has 2 aromatic rings. The first kappa shape index (κ1) is 11.7. The van der Waals surface area contributed by atoms with E-state index in [1.165, 1.54) is 0 Å². The van der Waals surface area contributed by atoms with E-state index in [9.17, 15) is 4.79 Å². The second-order valence-electron chi connectivity index (χ2n) is 4.23.